The van der Waals surface area contributed by atoms with Gasteiger partial charge in [-0.1, -0.05) is 126 Å². The fourth-order valence-electron chi connectivity index (χ4n) is 11.9. The number of fused-ring (bicyclic) bond motifs is 5. The van der Waals surface area contributed by atoms with Gasteiger partial charge in [0.25, 0.3) is 12.0 Å². The van der Waals surface area contributed by atoms with Crippen molar-refractivity contribution in [1.29, 1.82) is 0 Å². The Kier molecular flexibility index (Phi) is 31.8. The molecule has 4 amide bonds. The molecule has 3 heterocycles. The van der Waals surface area contributed by atoms with Crippen LogP contribution in [-0.4, -0.2) is 169 Å². The normalized spacial score (nSPS) is 15.3. The number of hydrogen-bond donors (Lipinski definition) is 11. The van der Waals surface area contributed by atoms with Crippen molar-refractivity contribution in [1.82, 2.24) is 36.5 Å². The van der Waals surface area contributed by atoms with Crippen molar-refractivity contribution in [3.63, 3.8) is 0 Å². The molecule has 0 spiro atoms. The third kappa shape index (κ3) is 24.7. The van der Waals surface area contributed by atoms with Gasteiger partial charge in [0.1, 0.15) is 25.3 Å². The van der Waals surface area contributed by atoms with Crippen LogP contribution in [-0.2, 0) is 108 Å². The highest BCUT2D eigenvalue weighted by Gasteiger charge is 2.51. The molecule has 4 aromatic carbocycles. The quantitative estimate of drug-likeness (QED) is 0.00457. The van der Waals surface area contributed by atoms with Gasteiger partial charge < -0.3 is 81.6 Å². The highest BCUT2D eigenvalue weighted by molar-refractivity contribution is 8.76. The average Bonchev–Trinajstić information content (AvgIpc) is 1.51. The number of benzene rings is 4. The minimum atomic E-state index is -2.02. The van der Waals surface area contributed by atoms with Crippen molar-refractivity contribution < 1.29 is 102 Å². The second-order valence-corrected chi connectivity index (χ2v) is 28.1. The van der Waals surface area contributed by atoms with Crippen molar-refractivity contribution in [3.05, 3.63) is 141 Å². The Morgan fingerprint density at radius 1 is 0.676 bits per heavy atom. The van der Waals surface area contributed by atoms with Gasteiger partial charge >= 0.3 is 36.0 Å². The molecule has 0 fully saturated rings. The van der Waals surface area contributed by atoms with Crippen LogP contribution in [0.2, 0.25) is 0 Å². The summed E-state index contributed by atoms with van der Waals surface area (Å²) in [5.41, 5.74) is 7.77. The summed E-state index contributed by atoms with van der Waals surface area (Å²) in [6.45, 7) is 1.06. The van der Waals surface area contributed by atoms with Crippen LogP contribution < -0.4 is 43.2 Å². The van der Waals surface area contributed by atoms with Crippen molar-refractivity contribution in [2.75, 3.05) is 31.2 Å². The van der Waals surface area contributed by atoms with Gasteiger partial charge in [0.15, 0.2) is 22.9 Å². The van der Waals surface area contributed by atoms with Crippen LogP contribution in [0, 0.1) is 11.8 Å². The number of thiocarbonyl (C=S) groups is 1. The highest BCUT2D eigenvalue weighted by Crippen LogP contribution is 2.42. The molecule has 33 heteroatoms. The minimum absolute atomic E-state index is 0.0297. The first kappa shape index (κ1) is 82.0. The summed E-state index contributed by atoms with van der Waals surface area (Å²) in [4.78, 5) is 181. The minimum Gasteiger partial charge on any atom is -0.481 e. The highest BCUT2D eigenvalue weighted by atomic mass is 33.1. The smallest absolute Gasteiger partial charge is 0.481 e. The summed E-state index contributed by atoms with van der Waals surface area (Å²) in [5.74, 6) is -13.0. The third-order valence-corrected chi connectivity index (χ3v) is 20.2. The Morgan fingerprint density at radius 3 is 1.99 bits per heavy atom. The van der Waals surface area contributed by atoms with Crippen LogP contribution in [0.4, 0.5) is 4.79 Å². The number of nitrogens with one attached hydrogen (secondary N) is 6. The molecule has 30 nitrogen and oxygen atoms in total. The lowest BCUT2D eigenvalue weighted by atomic mass is 9.85. The van der Waals surface area contributed by atoms with E-state index in [1.807, 2.05) is 36.4 Å². The summed E-state index contributed by atoms with van der Waals surface area (Å²) in [6.07, 6.45) is -3.19. The number of carbonyl (C=O) groups is 13. The van der Waals surface area contributed by atoms with Crippen LogP contribution in [0.15, 0.2) is 108 Å². The van der Waals surface area contributed by atoms with Crippen molar-refractivity contribution in [2.45, 2.75) is 152 Å². The Balaban J connectivity index is 0.853. The first-order valence-corrected chi connectivity index (χ1v) is 36.8. The maximum absolute atomic E-state index is 14.4. The third-order valence-electron chi connectivity index (χ3n) is 17.5. The number of aliphatic carboxylic acids is 4. The molecule has 5 aromatic rings. The van der Waals surface area contributed by atoms with E-state index in [1.54, 1.807) is 78.2 Å². The SMILES string of the molecule is CC[C@@]1(OC(=O)OCCSSC[C@H](CC(=O)[C@H](CC(=O)O)NC(=O)[C@@H](N)CNC(=O)[C@@H](CC(=O)[C@H](Cc2ccccc2)NC(=O)CCCCCCNC(=O)CC[C@H](NC(=S)N[C@@H](CCC(=O)O)OC=O)C(=O)O)Cc2ccccc2)C(=O)O)C(=O)OCc2c1cc1n(c2=O)Cc2cc3ccccc3cc2-1. The van der Waals surface area contributed by atoms with Crippen molar-refractivity contribution in [2.24, 2.45) is 17.6 Å². The number of nitrogens with two attached hydrogens (primary N) is 1. The molecule has 0 aliphatic carbocycles. The van der Waals surface area contributed by atoms with Crippen LogP contribution in [0.1, 0.15) is 118 Å². The predicted molar refractivity (Wildman–Crippen MR) is 387 cm³/mol. The molecule has 0 bridgehead atoms. The molecule has 105 heavy (non-hydrogen) atoms. The van der Waals surface area contributed by atoms with Crippen molar-refractivity contribution in [3.8, 4) is 11.3 Å². The van der Waals surface area contributed by atoms with Gasteiger partial charge in [0.2, 0.25) is 29.2 Å². The lowest BCUT2D eigenvalue weighted by molar-refractivity contribution is -0.175. The van der Waals surface area contributed by atoms with Crippen LogP contribution in [0.5, 0.6) is 0 Å². The van der Waals surface area contributed by atoms with Gasteiger partial charge in [0, 0.05) is 73.7 Å². The van der Waals surface area contributed by atoms with Crippen molar-refractivity contribution >= 4 is 127 Å². The fourth-order valence-corrected chi connectivity index (χ4v) is 14.3. The van der Waals surface area contributed by atoms with Crippen LogP contribution in [0.3, 0.4) is 0 Å². The number of cyclic esters (lactones) is 1. The lowest BCUT2D eigenvalue weighted by Crippen LogP contribution is -2.53. The number of pyridine rings is 1. The molecule has 8 atom stereocenters. The summed E-state index contributed by atoms with van der Waals surface area (Å²) >= 11 is 5.09. The number of amides is 4. The number of esters is 1. The van der Waals surface area contributed by atoms with Gasteiger partial charge in [-0.15, -0.1) is 0 Å². The van der Waals surface area contributed by atoms with E-state index in [-0.39, 0.29) is 112 Å². The van der Waals surface area contributed by atoms with E-state index in [4.69, 9.17) is 42.0 Å². The van der Waals surface area contributed by atoms with E-state index in [0.29, 0.717) is 49.0 Å². The Hall–Kier alpha value is -10.3. The number of carbonyl (C=O) groups excluding carboxylic acids is 9. The number of carboxylic acids is 4. The number of unbranched alkanes of at least 4 members (excludes halogenated alkanes) is 3. The second-order valence-electron chi connectivity index (χ2n) is 25.0. The zero-order chi connectivity index (χ0) is 76.2. The Morgan fingerprint density at radius 2 is 1.33 bits per heavy atom. The van der Waals surface area contributed by atoms with Crippen LogP contribution >= 0.6 is 33.8 Å². The molecular formula is C72H84N8O22S3. The molecule has 562 valence electrons. The molecule has 0 unspecified atom stereocenters. The molecule has 7 rings (SSSR count). The number of aromatic nitrogens is 1. The lowest BCUT2D eigenvalue weighted by Gasteiger charge is -2.35. The predicted octanol–water partition coefficient (Wildman–Crippen LogP) is 4.96. The van der Waals surface area contributed by atoms with E-state index < -0.39 is 144 Å². The zero-order valence-corrected chi connectivity index (χ0v) is 59.8. The maximum Gasteiger partial charge on any atom is 0.509 e. The molecular weight excluding hydrogens is 1430 g/mol. The number of Topliss-reactive ketones (excluding diaryl/α,β-unsaturated/α-hetero) is 2. The molecule has 0 radical (unpaired) electrons. The number of ketones is 2. The summed E-state index contributed by atoms with van der Waals surface area (Å²) in [6, 6.07) is 25.2. The second kappa shape index (κ2) is 40.7. The Bertz CT molecular complexity index is 4050. The largest absolute Gasteiger partial charge is 0.509 e. The number of hydrogen-bond acceptors (Lipinski definition) is 22. The van der Waals surface area contributed by atoms with E-state index >= 15 is 0 Å². The Labute approximate surface area is 616 Å². The summed E-state index contributed by atoms with van der Waals surface area (Å²) < 4.78 is 22.8. The molecule has 0 saturated carbocycles. The number of rotatable bonds is 45. The zero-order valence-electron chi connectivity index (χ0n) is 57.4. The first-order valence-electron chi connectivity index (χ1n) is 33.9. The van der Waals surface area contributed by atoms with E-state index in [1.165, 1.54) is 0 Å². The van der Waals surface area contributed by atoms with Crippen LogP contribution in [0.25, 0.3) is 22.0 Å². The molecule has 2 aliphatic heterocycles. The fraction of sp³-hybridized carbons (Fsp3) is 0.431. The first-order chi connectivity index (χ1) is 50.3. The molecule has 0 saturated heterocycles. The van der Waals surface area contributed by atoms with Gasteiger partial charge in [-0.3, -0.25) is 52.7 Å². The van der Waals surface area contributed by atoms with Gasteiger partial charge in [0.05, 0.1) is 48.6 Å². The molecule has 2 aliphatic rings. The number of nitrogens with zero attached hydrogens (tertiary/aromatic N) is 1. The van der Waals surface area contributed by atoms with Gasteiger partial charge in [-0.25, -0.2) is 14.4 Å². The van der Waals surface area contributed by atoms with E-state index in [2.05, 4.69) is 31.9 Å². The van der Waals surface area contributed by atoms with E-state index in [9.17, 15) is 82.4 Å². The molecule has 12 N–H and O–H groups in total. The maximum atomic E-state index is 14.4. The van der Waals surface area contributed by atoms with Gasteiger partial charge in [-0.2, -0.15) is 0 Å². The molecule has 1 aromatic heterocycles. The van der Waals surface area contributed by atoms with Gasteiger partial charge in [-0.05, 0) is 96.4 Å². The average molecular weight is 1510 g/mol. The standard InChI is InChI=1S/C72H84N8O22S3/c1-2-72(51-35-56-49-32-45-20-13-12-19-44(45)31-47(49)38-80(56)66(92)50(51)39-100-69(72)97)102-71(98)99-27-28-104-105-40-48(67(93)94)34-58(83)55(36-63(88)89)77-65(91)52(73)37-75-64(90)46(29-42-15-7-5-8-16-42)33-57(82)54(30-43-17-9-6-10-18-43)76-60(85)21-11-3-4-14-26-74-59(84)23-22-53(68(95)96)78-70(103)79-61(101-41-81)24-25-62(86)87/h5-10,12-13,15-20,31-32,35,41,46,48,52-55,61H,2-4,11,14,21-30,33-34,36-40,73H2,1H3,(H,74,84)(H,75,90)(H,76,85)(H,77,91)(H,86,87)(H,88,89)(H,93,94)(H,95,96)(H2,78,79,103)/t46-,48+,52+,53+,54+,55+,61-,72+/m1/s1. The summed E-state index contributed by atoms with van der Waals surface area (Å²) in [7, 11) is 2.06. The topological polar surface area (TPSA) is 460 Å². The summed E-state index contributed by atoms with van der Waals surface area (Å²) in [5, 5.41) is 55.7. The monoisotopic (exact) mass is 1510 g/mol. The van der Waals surface area contributed by atoms with E-state index in [0.717, 1.165) is 43.5 Å². The number of ether oxygens (including phenoxy) is 4. The number of carboxylic acid groups (broad SMARTS) is 4.